The minimum absolute atomic E-state index is 0.0740. The molecule has 1 atom stereocenters. The SMILES string of the molecule is CCOc1ccc(NC(=O)c2csc3c2CCC(C)C3)cc1CO. The first-order valence-electron chi connectivity index (χ1n) is 8.39. The van der Waals surface area contributed by atoms with Crippen molar-refractivity contribution in [2.75, 3.05) is 11.9 Å². The third kappa shape index (κ3) is 3.47. The molecule has 0 radical (unpaired) electrons. The van der Waals surface area contributed by atoms with Crippen LogP contribution in [0.15, 0.2) is 23.6 Å². The van der Waals surface area contributed by atoms with Crippen LogP contribution < -0.4 is 10.1 Å². The fourth-order valence-corrected chi connectivity index (χ4v) is 4.39. The average molecular weight is 345 g/mol. The third-order valence-corrected chi connectivity index (χ3v) is 5.49. The van der Waals surface area contributed by atoms with Crippen LogP contribution in [0, 0.1) is 5.92 Å². The van der Waals surface area contributed by atoms with E-state index in [4.69, 9.17) is 4.74 Å². The first kappa shape index (κ1) is 17.0. The molecule has 0 fully saturated rings. The number of hydrogen-bond donors (Lipinski definition) is 2. The molecule has 0 saturated carbocycles. The number of hydrogen-bond acceptors (Lipinski definition) is 4. The molecule has 24 heavy (non-hydrogen) atoms. The van der Waals surface area contributed by atoms with Crippen molar-refractivity contribution in [2.24, 2.45) is 5.92 Å². The largest absolute Gasteiger partial charge is 0.494 e. The predicted octanol–water partition coefficient (Wildman–Crippen LogP) is 4.02. The Morgan fingerprint density at radius 3 is 3.04 bits per heavy atom. The van der Waals surface area contributed by atoms with Crippen LogP contribution in [0.4, 0.5) is 5.69 Å². The number of carbonyl (C=O) groups excluding carboxylic acids is 1. The van der Waals surface area contributed by atoms with Crippen molar-refractivity contribution in [1.82, 2.24) is 0 Å². The van der Waals surface area contributed by atoms with Gasteiger partial charge in [-0.2, -0.15) is 0 Å². The van der Waals surface area contributed by atoms with E-state index in [0.717, 1.165) is 24.8 Å². The van der Waals surface area contributed by atoms with Gasteiger partial charge in [0.25, 0.3) is 5.91 Å². The van der Waals surface area contributed by atoms with E-state index in [9.17, 15) is 9.90 Å². The minimum Gasteiger partial charge on any atom is -0.494 e. The molecule has 128 valence electrons. The van der Waals surface area contributed by atoms with Crippen molar-refractivity contribution in [3.05, 3.63) is 45.1 Å². The topological polar surface area (TPSA) is 58.6 Å². The highest BCUT2D eigenvalue weighted by Gasteiger charge is 2.23. The van der Waals surface area contributed by atoms with Gasteiger partial charge in [0.05, 0.1) is 18.8 Å². The molecule has 4 nitrogen and oxygen atoms in total. The molecule has 1 aromatic carbocycles. The molecule has 0 aliphatic heterocycles. The van der Waals surface area contributed by atoms with E-state index in [1.807, 2.05) is 18.4 Å². The molecule has 1 aromatic heterocycles. The second-order valence-corrected chi connectivity index (χ2v) is 7.23. The molecule has 1 unspecified atom stereocenters. The van der Waals surface area contributed by atoms with Crippen LogP contribution in [0.3, 0.4) is 0 Å². The summed E-state index contributed by atoms with van der Waals surface area (Å²) in [4.78, 5) is 14.0. The van der Waals surface area contributed by atoms with E-state index >= 15 is 0 Å². The first-order valence-corrected chi connectivity index (χ1v) is 9.27. The van der Waals surface area contributed by atoms with Gasteiger partial charge in [-0.1, -0.05) is 6.92 Å². The minimum atomic E-state index is -0.120. The smallest absolute Gasteiger partial charge is 0.256 e. The molecule has 1 aliphatic carbocycles. The van der Waals surface area contributed by atoms with E-state index in [1.54, 1.807) is 23.5 Å². The Labute approximate surface area is 146 Å². The fourth-order valence-electron chi connectivity index (χ4n) is 3.14. The van der Waals surface area contributed by atoms with E-state index in [2.05, 4.69) is 12.2 Å². The lowest BCUT2D eigenvalue weighted by atomic mass is 9.88. The van der Waals surface area contributed by atoms with Crippen molar-refractivity contribution >= 4 is 22.9 Å². The van der Waals surface area contributed by atoms with Gasteiger partial charge in [0.15, 0.2) is 0 Å². The second kappa shape index (κ2) is 7.36. The molecule has 0 saturated heterocycles. The quantitative estimate of drug-likeness (QED) is 0.860. The lowest BCUT2D eigenvalue weighted by Crippen LogP contribution is -2.16. The molecule has 2 aromatic rings. The van der Waals surface area contributed by atoms with Crippen LogP contribution in [0.1, 0.15) is 46.6 Å². The lowest BCUT2D eigenvalue weighted by molar-refractivity contribution is 0.102. The summed E-state index contributed by atoms with van der Waals surface area (Å²) in [6.45, 7) is 4.58. The van der Waals surface area contributed by atoms with Crippen LogP contribution in [0.2, 0.25) is 0 Å². The number of aliphatic hydroxyl groups excluding tert-OH is 1. The maximum atomic E-state index is 12.6. The average Bonchev–Trinajstić information content (AvgIpc) is 2.99. The summed E-state index contributed by atoms with van der Waals surface area (Å²) in [6, 6.07) is 5.36. The fraction of sp³-hybridized carbons (Fsp3) is 0.421. The summed E-state index contributed by atoms with van der Waals surface area (Å²) in [5, 5.41) is 14.4. The van der Waals surface area contributed by atoms with Gasteiger partial charge >= 0.3 is 0 Å². The maximum absolute atomic E-state index is 12.6. The number of thiophene rings is 1. The van der Waals surface area contributed by atoms with Crippen LogP contribution in [-0.2, 0) is 19.4 Å². The number of ether oxygens (including phenoxy) is 1. The summed E-state index contributed by atoms with van der Waals surface area (Å²) in [5.74, 6) is 1.28. The number of aliphatic hydroxyl groups is 1. The number of carbonyl (C=O) groups is 1. The zero-order chi connectivity index (χ0) is 17.1. The molecule has 2 N–H and O–H groups in total. The molecule has 3 rings (SSSR count). The lowest BCUT2D eigenvalue weighted by Gasteiger charge is -2.19. The standard InChI is InChI=1S/C19H23NO3S/c1-3-23-17-7-5-14(9-13(17)10-21)20-19(22)16-11-24-18-8-12(2)4-6-15(16)18/h5,7,9,11-12,21H,3-4,6,8,10H2,1-2H3,(H,20,22). The van der Waals surface area contributed by atoms with Crippen molar-refractivity contribution < 1.29 is 14.6 Å². The molecular weight excluding hydrogens is 322 g/mol. The normalized spacial score (nSPS) is 16.5. The summed E-state index contributed by atoms with van der Waals surface area (Å²) in [7, 11) is 0. The number of amides is 1. The van der Waals surface area contributed by atoms with Gasteiger partial charge in [0, 0.05) is 21.5 Å². The monoisotopic (exact) mass is 345 g/mol. The Balaban J connectivity index is 1.78. The molecular formula is C19H23NO3S. The van der Waals surface area contributed by atoms with Gasteiger partial charge in [-0.05, 0) is 55.9 Å². The second-order valence-electron chi connectivity index (χ2n) is 6.27. The summed E-state index contributed by atoms with van der Waals surface area (Å²) in [6.07, 6.45) is 3.20. The zero-order valence-electron chi connectivity index (χ0n) is 14.1. The van der Waals surface area contributed by atoms with Gasteiger partial charge in [-0.15, -0.1) is 11.3 Å². The molecule has 0 spiro atoms. The third-order valence-electron chi connectivity index (χ3n) is 4.43. The first-order chi connectivity index (χ1) is 11.6. The molecule has 1 heterocycles. The molecule has 5 heteroatoms. The number of anilines is 1. The van der Waals surface area contributed by atoms with Crippen molar-refractivity contribution in [1.29, 1.82) is 0 Å². The zero-order valence-corrected chi connectivity index (χ0v) is 14.9. The highest BCUT2D eigenvalue weighted by molar-refractivity contribution is 7.10. The summed E-state index contributed by atoms with van der Waals surface area (Å²) in [5.41, 5.74) is 3.36. The van der Waals surface area contributed by atoms with Crippen LogP contribution in [-0.4, -0.2) is 17.6 Å². The van der Waals surface area contributed by atoms with Crippen molar-refractivity contribution in [3.8, 4) is 5.75 Å². The van der Waals surface area contributed by atoms with Crippen LogP contribution in [0.25, 0.3) is 0 Å². The van der Waals surface area contributed by atoms with Crippen LogP contribution >= 0.6 is 11.3 Å². The Hall–Kier alpha value is -1.85. The molecule has 1 aliphatic rings. The summed E-state index contributed by atoms with van der Waals surface area (Å²) < 4.78 is 5.47. The van der Waals surface area contributed by atoms with Crippen molar-refractivity contribution in [2.45, 2.75) is 39.7 Å². The number of fused-ring (bicyclic) bond motifs is 1. The Morgan fingerprint density at radius 1 is 1.46 bits per heavy atom. The number of nitrogens with one attached hydrogen (secondary N) is 1. The predicted molar refractivity (Wildman–Crippen MR) is 97.0 cm³/mol. The Kier molecular flexibility index (Phi) is 5.21. The number of rotatable bonds is 5. The van der Waals surface area contributed by atoms with Gasteiger partial charge in [0.1, 0.15) is 5.75 Å². The molecule has 1 amide bonds. The van der Waals surface area contributed by atoms with Gasteiger partial charge in [-0.25, -0.2) is 0 Å². The molecule has 0 bridgehead atoms. The van der Waals surface area contributed by atoms with E-state index < -0.39 is 0 Å². The van der Waals surface area contributed by atoms with Gasteiger partial charge < -0.3 is 15.2 Å². The van der Waals surface area contributed by atoms with Gasteiger partial charge in [-0.3, -0.25) is 4.79 Å². The van der Waals surface area contributed by atoms with Crippen LogP contribution in [0.5, 0.6) is 5.75 Å². The van der Waals surface area contributed by atoms with Crippen molar-refractivity contribution in [3.63, 3.8) is 0 Å². The van der Waals surface area contributed by atoms with Gasteiger partial charge in [0.2, 0.25) is 0 Å². The highest BCUT2D eigenvalue weighted by atomic mass is 32.1. The van der Waals surface area contributed by atoms with E-state index in [1.165, 1.54) is 10.4 Å². The van der Waals surface area contributed by atoms with E-state index in [0.29, 0.717) is 29.5 Å². The highest BCUT2D eigenvalue weighted by Crippen LogP contribution is 2.33. The Bertz CT molecular complexity index is 738. The summed E-state index contributed by atoms with van der Waals surface area (Å²) >= 11 is 1.69. The van der Waals surface area contributed by atoms with E-state index in [-0.39, 0.29) is 12.5 Å². The Morgan fingerprint density at radius 2 is 2.29 bits per heavy atom. The maximum Gasteiger partial charge on any atom is 0.256 e. The number of benzene rings is 1.